The number of nitrogens with zero attached hydrogens (tertiary/aromatic N) is 3. The van der Waals surface area contributed by atoms with Gasteiger partial charge >= 0.3 is 0 Å². The molecule has 0 aromatic carbocycles. The third-order valence-corrected chi connectivity index (χ3v) is 4.16. The van der Waals surface area contributed by atoms with Gasteiger partial charge in [0.2, 0.25) is 0 Å². The van der Waals surface area contributed by atoms with E-state index in [1.807, 2.05) is 7.05 Å². The number of likely N-dealkylation sites (N-methyl/N-ethyl adjacent to an activating group) is 1. The lowest BCUT2D eigenvalue weighted by atomic mass is 9.93. The molecule has 1 fully saturated rings. The second-order valence-corrected chi connectivity index (χ2v) is 7.51. The van der Waals surface area contributed by atoms with Crippen molar-refractivity contribution >= 4 is 29.9 Å². The molecule has 0 amide bonds. The van der Waals surface area contributed by atoms with Crippen molar-refractivity contribution in [3.05, 3.63) is 0 Å². The van der Waals surface area contributed by atoms with E-state index in [0.29, 0.717) is 11.5 Å². The molecule has 21 heavy (non-hydrogen) atoms. The highest BCUT2D eigenvalue weighted by Crippen LogP contribution is 2.28. The predicted molar refractivity (Wildman–Crippen MR) is 104 cm³/mol. The van der Waals surface area contributed by atoms with E-state index in [9.17, 15) is 0 Å². The molecule has 1 unspecified atom stereocenters. The van der Waals surface area contributed by atoms with Gasteiger partial charge in [-0.15, -0.1) is 24.0 Å². The number of rotatable bonds is 5. The average molecular weight is 410 g/mol. The third kappa shape index (κ3) is 7.17. The third-order valence-electron chi connectivity index (χ3n) is 4.16. The minimum absolute atomic E-state index is 0. The Morgan fingerprint density at radius 1 is 1.33 bits per heavy atom. The fourth-order valence-corrected chi connectivity index (χ4v) is 2.86. The number of nitrogens with one attached hydrogen (secondary N) is 1. The van der Waals surface area contributed by atoms with E-state index in [1.165, 1.54) is 12.8 Å². The number of halogens is 1. The van der Waals surface area contributed by atoms with E-state index in [2.05, 4.69) is 61.9 Å². The highest BCUT2D eigenvalue weighted by Gasteiger charge is 2.31. The second kappa shape index (κ2) is 9.18. The molecule has 0 aliphatic carbocycles. The van der Waals surface area contributed by atoms with Crippen molar-refractivity contribution in [1.29, 1.82) is 0 Å². The lowest BCUT2D eigenvalue weighted by Gasteiger charge is -2.29. The Hall–Kier alpha value is -0.0400. The smallest absolute Gasteiger partial charge is 0.193 e. The molecule has 5 heteroatoms. The van der Waals surface area contributed by atoms with Crippen LogP contribution in [0.3, 0.4) is 0 Å². The minimum Gasteiger partial charge on any atom is -0.355 e. The van der Waals surface area contributed by atoms with Gasteiger partial charge in [-0.3, -0.25) is 4.99 Å². The van der Waals surface area contributed by atoms with Crippen molar-refractivity contribution in [2.45, 2.75) is 46.6 Å². The van der Waals surface area contributed by atoms with Gasteiger partial charge < -0.3 is 15.1 Å². The summed E-state index contributed by atoms with van der Waals surface area (Å²) >= 11 is 0. The first-order valence-electron chi connectivity index (χ1n) is 7.87. The van der Waals surface area contributed by atoms with Crippen LogP contribution in [0, 0.1) is 11.3 Å². The van der Waals surface area contributed by atoms with Crippen LogP contribution in [0.2, 0.25) is 0 Å². The monoisotopic (exact) mass is 410 g/mol. The summed E-state index contributed by atoms with van der Waals surface area (Å²) in [5.41, 5.74) is 0.413. The largest absolute Gasteiger partial charge is 0.355 e. The molecule has 1 heterocycles. The van der Waals surface area contributed by atoms with Crippen LogP contribution in [-0.4, -0.2) is 62.6 Å². The lowest BCUT2D eigenvalue weighted by Crippen LogP contribution is -2.47. The summed E-state index contributed by atoms with van der Waals surface area (Å²) in [7, 11) is 6.22. The Bertz CT molecular complexity index is 326. The highest BCUT2D eigenvalue weighted by atomic mass is 127. The number of hydrogen-bond acceptors (Lipinski definition) is 2. The average Bonchev–Trinajstić information content (AvgIpc) is 2.68. The molecular weight excluding hydrogens is 375 g/mol. The lowest BCUT2D eigenvalue weighted by molar-refractivity contribution is 0.252. The Morgan fingerprint density at radius 2 is 1.95 bits per heavy atom. The molecule has 0 aromatic heterocycles. The normalized spacial score (nSPS) is 19.9. The van der Waals surface area contributed by atoms with Crippen LogP contribution in [0.1, 0.15) is 40.5 Å². The van der Waals surface area contributed by atoms with Gasteiger partial charge in [0.15, 0.2) is 5.96 Å². The van der Waals surface area contributed by atoms with Gasteiger partial charge in [0, 0.05) is 32.7 Å². The van der Waals surface area contributed by atoms with Crippen LogP contribution in [0.25, 0.3) is 0 Å². The van der Waals surface area contributed by atoms with Gasteiger partial charge in [0.25, 0.3) is 0 Å². The maximum absolute atomic E-state index is 4.46. The standard InChI is InChI=1S/C16H34N4.HI/c1-13(2)10-14(19(6)7)11-18-15(17-5)20-9-8-16(3,4)12-20;/h13-14H,8-12H2,1-7H3,(H,17,18);1H. The van der Waals surface area contributed by atoms with E-state index < -0.39 is 0 Å². The molecule has 1 saturated heterocycles. The first-order chi connectivity index (χ1) is 9.25. The van der Waals surface area contributed by atoms with Crippen LogP contribution >= 0.6 is 24.0 Å². The molecule has 0 radical (unpaired) electrons. The summed E-state index contributed by atoms with van der Waals surface area (Å²) in [6.07, 6.45) is 2.46. The quantitative estimate of drug-likeness (QED) is 0.430. The minimum atomic E-state index is 0. The topological polar surface area (TPSA) is 30.9 Å². The zero-order valence-electron chi connectivity index (χ0n) is 14.9. The molecule has 1 aliphatic rings. The summed E-state index contributed by atoms with van der Waals surface area (Å²) in [6.45, 7) is 12.4. The SMILES string of the molecule is CN=C(NCC(CC(C)C)N(C)C)N1CCC(C)(C)C1.I. The van der Waals surface area contributed by atoms with Crippen LogP contribution < -0.4 is 5.32 Å². The van der Waals surface area contributed by atoms with Crippen molar-refractivity contribution in [3.63, 3.8) is 0 Å². The predicted octanol–water partition coefficient (Wildman–Crippen LogP) is 2.89. The first-order valence-corrected chi connectivity index (χ1v) is 7.87. The van der Waals surface area contributed by atoms with Crippen LogP contribution in [0.4, 0.5) is 0 Å². The van der Waals surface area contributed by atoms with E-state index in [-0.39, 0.29) is 24.0 Å². The molecule has 0 bridgehead atoms. The number of guanidine groups is 1. The molecular formula is C16H35IN4. The molecule has 1 rings (SSSR count). The second-order valence-electron chi connectivity index (χ2n) is 7.51. The molecule has 126 valence electrons. The van der Waals surface area contributed by atoms with Crippen molar-refractivity contribution in [2.24, 2.45) is 16.3 Å². The van der Waals surface area contributed by atoms with E-state index in [0.717, 1.165) is 31.5 Å². The molecule has 0 spiro atoms. The Balaban J connectivity index is 0.00000400. The van der Waals surface area contributed by atoms with E-state index in [4.69, 9.17) is 0 Å². The van der Waals surface area contributed by atoms with Gasteiger partial charge in [-0.2, -0.15) is 0 Å². The molecule has 0 saturated carbocycles. The van der Waals surface area contributed by atoms with Gasteiger partial charge in [0.05, 0.1) is 0 Å². The van der Waals surface area contributed by atoms with E-state index >= 15 is 0 Å². The van der Waals surface area contributed by atoms with Crippen LogP contribution in [-0.2, 0) is 0 Å². The Morgan fingerprint density at radius 3 is 2.33 bits per heavy atom. The summed E-state index contributed by atoms with van der Waals surface area (Å²) in [4.78, 5) is 9.16. The maximum Gasteiger partial charge on any atom is 0.193 e. The van der Waals surface area contributed by atoms with Gasteiger partial charge in [0.1, 0.15) is 0 Å². The summed E-state index contributed by atoms with van der Waals surface area (Å²) < 4.78 is 0. The Kier molecular flexibility index (Phi) is 9.16. The molecule has 1 atom stereocenters. The fourth-order valence-electron chi connectivity index (χ4n) is 2.86. The van der Waals surface area contributed by atoms with Crippen molar-refractivity contribution < 1.29 is 0 Å². The van der Waals surface area contributed by atoms with Crippen LogP contribution in [0.15, 0.2) is 4.99 Å². The molecule has 1 aliphatic heterocycles. The van der Waals surface area contributed by atoms with Crippen LogP contribution in [0.5, 0.6) is 0 Å². The van der Waals surface area contributed by atoms with Gasteiger partial charge in [-0.1, -0.05) is 27.7 Å². The van der Waals surface area contributed by atoms with Gasteiger partial charge in [-0.05, 0) is 38.3 Å². The number of aliphatic imine (C=N–C) groups is 1. The summed E-state index contributed by atoms with van der Waals surface area (Å²) in [5, 5.41) is 3.57. The van der Waals surface area contributed by atoms with Crippen molar-refractivity contribution in [1.82, 2.24) is 15.1 Å². The zero-order chi connectivity index (χ0) is 15.3. The number of likely N-dealkylation sites (tertiary alicyclic amines) is 1. The first kappa shape index (κ1) is 21.0. The molecule has 1 N–H and O–H groups in total. The van der Waals surface area contributed by atoms with E-state index in [1.54, 1.807) is 0 Å². The maximum atomic E-state index is 4.46. The highest BCUT2D eigenvalue weighted by molar-refractivity contribution is 14.0. The Labute approximate surface area is 148 Å². The van der Waals surface area contributed by atoms with Crippen molar-refractivity contribution in [3.8, 4) is 0 Å². The van der Waals surface area contributed by atoms with Crippen molar-refractivity contribution in [2.75, 3.05) is 40.8 Å². The number of hydrogen-bond donors (Lipinski definition) is 1. The summed E-state index contributed by atoms with van der Waals surface area (Å²) in [6, 6.07) is 0.558. The molecule has 0 aromatic rings. The van der Waals surface area contributed by atoms with Gasteiger partial charge in [-0.25, -0.2) is 0 Å². The molecule has 4 nitrogen and oxygen atoms in total. The zero-order valence-corrected chi connectivity index (χ0v) is 17.3. The fraction of sp³-hybridized carbons (Fsp3) is 0.938. The summed E-state index contributed by atoms with van der Waals surface area (Å²) in [5.74, 6) is 1.78.